The third kappa shape index (κ3) is 3.73. The van der Waals surface area contributed by atoms with Gasteiger partial charge >= 0.3 is 6.09 Å². The number of nitrogens with zero attached hydrogens (tertiary/aromatic N) is 4. The lowest BCUT2D eigenvalue weighted by Gasteiger charge is -2.36. The van der Waals surface area contributed by atoms with Crippen molar-refractivity contribution in [3.05, 3.63) is 58.3 Å². The highest BCUT2D eigenvalue weighted by atomic mass is 35.5. The molecule has 2 unspecified atom stereocenters. The monoisotopic (exact) mass is 454 g/mol. The van der Waals surface area contributed by atoms with Crippen LogP contribution in [0.4, 0.5) is 10.5 Å². The van der Waals surface area contributed by atoms with E-state index in [2.05, 4.69) is 15.6 Å². The molecule has 6 nitrogen and oxygen atoms in total. The van der Waals surface area contributed by atoms with Gasteiger partial charge in [0.15, 0.2) is 0 Å². The number of nitriles is 1. The first-order valence-corrected chi connectivity index (χ1v) is 11.0. The van der Waals surface area contributed by atoms with Crippen molar-refractivity contribution in [3.63, 3.8) is 0 Å². The van der Waals surface area contributed by atoms with Crippen LogP contribution >= 0.6 is 23.2 Å². The van der Waals surface area contributed by atoms with Crippen molar-refractivity contribution in [2.45, 2.75) is 37.8 Å². The summed E-state index contributed by atoms with van der Waals surface area (Å²) in [5.41, 5.74) is 2.50. The first-order chi connectivity index (χ1) is 15.0. The van der Waals surface area contributed by atoms with Crippen molar-refractivity contribution in [3.8, 4) is 6.07 Å². The summed E-state index contributed by atoms with van der Waals surface area (Å²) in [4.78, 5) is 18.8. The molecule has 3 aromatic rings. The lowest BCUT2D eigenvalue weighted by atomic mass is 9.78. The molecule has 2 fully saturated rings. The summed E-state index contributed by atoms with van der Waals surface area (Å²) in [6.07, 6.45) is 5.07. The quantitative estimate of drug-likeness (QED) is 0.501. The molecule has 2 atom stereocenters. The molecule has 1 aliphatic carbocycles. The first kappa shape index (κ1) is 20.2. The van der Waals surface area contributed by atoms with Crippen LogP contribution in [0.2, 0.25) is 10.0 Å². The van der Waals surface area contributed by atoms with E-state index in [4.69, 9.17) is 27.9 Å². The van der Waals surface area contributed by atoms with Crippen LogP contribution in [0.15, 0.2) is 42.7 Å². The Morgan fingerprint density at radius 2 is 2.13 bits per heavy atom. The molecule has 1 saturated carbocycles. The summed E-state index contributed by atoms with van der Waals surface area (Å²) >= 11 is 12.5. The number of halogens is 2. The summed E-state index contributed by atoms with van der Waals surface area (Å²) in [6, 6.07) is 12.8. The van der Waals surface area contributed by atoms with Crippen molar-refractivity contribution in [2.24, 2.45) is 5.92 Å². The minimum Gasteiger partial charge on any atom is -0.441 e. The molecule has 0 radical (unpaired) electrons. The van der Waals surface area contributed by atoms with Crippen LogP contribution in [0.5, 0.6) is 0 Å². The highest BCUT2D eigenvalue weighted by Crippen LogP contribution is 2.43. The second-order valence-electron chi connectivity index (χ2n) is 8.41. The average Bonchev–Trinajstić information content (AvgIpc) is 3.30. The smallest absolute Gasteiger partial charge is 0.415 e. The van der Waals surface area contributed by atoms with E-state index in [0.717, 1.165) is 43.3 Å². The van der Waals surface area contributed by atoms with Gasteiger partial charge in [0.25, 0.3) is 0 Å². The van der Waals surface area contributed by atoms with Gasteiger partial charge in [0.1, 0.15) is 5.60 Å². The highest BCUT2D eigenvalue weighted by Gasteiger charge is 2.48. The number of imidazole rings is 1. The molecule has 0 bridgehead atoms. The largest absolute Gasteiger partial charge is 0.441 e. The van der Waals surface area contributed by atoms with Crippen LogP contribution in [0.1, 0.15) is 31.2 Å². The van der Waals surface area contributed by atoms with Crippen molar-refractivity contribution >= 4 is 46.0 Å². The second-order valence-corrected chi connectivity index (χ2v) is 9.25. The van der Waals surface area contributed by atoms with E-state index in [1.54, 1.807) is 29.2 Å². The third-order valence-corrected chi connectivity index (χ3v) is 6.83. The Kier molecular flexibility index (Phi) is 5.04. The summed E-state index contributed by atoms with van der Waals surface area (Å²) in [5, 5.41) is 10.2. The zero-order valence-electron chi connectivity index (χ0n) is 16.7. The van der Waals surface area contributed by atoms with Gasteiger partial charge in [-0.2, -0.15) is 5.26 Å². The molecule has 1 aromatic heterocycles. The van der Waals surface area contributed by atoms with Crippen LogP contribution in [-0.2, 0) is 11.3 Å². The Labute approximate surface area is 189 Å². The number of hydrogen-bond acceptors (Lipinski definition) is 4. The van der Waals surface area contributed by atoms with Gasteiger partial charge < -0.3 is 9.30 Å². The molecule has 1 aliphatic heterocycles. The average molecular weight is 455 g/mol. The Morgan fingerprint density at radius 1 is 1.26 bits per heavy atom. The number of hydrogen-bond donors (Lipinski definition) is 0. The molecule has 8 heteroatoms. The molecule has 1 saturated heterocycles. The van der Waals surface area contributed by atoms with E-state index in [-0.39, 0.29) is 6.09 Å². The number of ether oxygens (including phenoxy) is 1. The predicted molar refractivity (Wildman–Crippen MR) is 119 cm³/mol. The van der Waals surface area contributed by atoms with Crippen LogP contribution in [0.3, 0.4) is 0 Å². The van der Waals surface area contributed by atoms with Gasteiger partial charge in [0.05, 0.1) is 46.2 Å². The van der Waals surface area contributed by atoms with E-state index in [0.29, 0.717) is 33.8 Å². The van der Waals surface area contributed by atoms with Crippen molar-refractivity contribution < 1.29 is 9.53 Å². The Morgan fingerprint density at radius 3 is 2.97 bits per heavy atom. The van der Waals surface area contributed by atoms with Crippen LogP contribution in [0, 0.1) is 17.2 Å². The van der Waals surface area contributed by atoms with E-state index in [9.17, 15) is 10.1 Å². The summed E-state index contributed by atoms with van der Waals surface area (Å²) in [6.45, 7) is 1.23. The van der Waals surface area contributed by atoms with Gasteiger partial charge in [-0.05, 0) is 68.0 Å². The molecule has 2 aromatic carbocycles. The molecular formula is C23H20Cl2N4O2. The number of fused-ring (bicyclic) bond motifs is 1. The van der Waals surface area contributed by atoms with Crippen molar-refractivity contribution in [2.75, 3.05) is 11.4 Å². The topological polar surface area (TPSA) is 71.2 Å². The number of amides is 1. The van der Waals surface area contributed by atoms with Gasteiger partial charge in [0.2, 0.25) is 0 Å². The molecule has 31 heavy (non-hydrogen) atoms. The van der Waals surface area contributed by atoms with Crippen LogP contribution in [-0.4, -0.2) is 27.8 Å². The minimum absolute atomic E-state index is 0.333. The maximum absolute atomic E-state index is 12.7. The molecule has 0 N–H and O–H groups in total. The number of aromatic nitrogens is 2. The lowest BCUT2D eigenvalue weighted by molar-refractivity contribution is 0.00439. The van der Waals surface area contributed by atoms with E-state index in [1.165, 1.54) is 0 Å². The molecular weight excluding hydrogens is 435 g/mol. The number of rotatable bonds is 3. The summed E-state index contributed by atoms with van der Waals surface area (Å²) in [7, 11) is 0. The normalized spacial score (nSPS) is 23.3. The fourth-order valence-corrected chi connectivity index (χ4v) is 5.27. The maximum atomic E-state index is 12.7. The van der Waals surface area contributed by atoms with Gasteiger partial charge in [-0.3, -0.25) is 4.90 Å². The van der Waals surface area contributed by atoms with Crippen molar-refractivity contribution in [1.29, 1.82) is 5.26 Å². The first-order valence-electron chi connectivity index (χ1n) is 10.3. The lowest BCUT2D eigenvalue weighted by Crippen LogP contribution is -2.40. The standard InChI is InChI=1S/C23H20Cl2N4O2/c24-17-4-5-18(25)20(9-17)29-13-23(31-22(29)30)7-1-2-16(10-23)12-28-14-27-19-6-3-15(11-26)8-21(19)28/h3-6,8-9,14,16H,1-2,7,10,12-13H2. The van der Waals surface area contributed by atoms with Gasteiger partial charge in [-0.25, -0.2) is 9.78 Å². The zero-order valence-corrected chi connectivity index (χ0v) is 18.2. The number of carbonyl (C=O) groups excluding carboxylic acids is 1. The molecule has 158 valence electrons. The molecule has 1 amide bonds. The SMILES string of the molecule is N#Cc1ccc2ncn(CC3CCCC4(C3)CN(c3cc(Cl)ccc3Cl)C(=O)O4)c2c1. The third-order valence-electron chi connectivity index (χ3n) is 6.28. The maximum Gasteiger partial charge on any atom is 0.415 e. The summed E-state index contributed by atoms with van der Waals surface area (Å²) in [5.74, 6) is 0.333. The Balaban J connectivity index is 1.37. The molecule has 2 aliphatic rings. The Bertz CT molecular complexity index is 1220. The fourth-order valence-electron chi connectivity index (χ4n) is 4.89. The number of benzene rings is 2. The van der Waals surface area contributed by atoms with E-state index >= 15 is 0 Å². The van der Waals surface area contributed by atoms with E-state index < -0.39 is 5.60 Å². The van der Waals surface area contributed by atoms with Crippen LogP contribution < -0.4 is 4.90 Å². The van der Waals surface area contributed by atoms with Gasteiger partial charge in [-0.15, -0.1) is 0 Å². The predicted octanol–water partition coefficient (Wildman–Crippen LogP) is 5.80. The summed E-state index contributed by atoms with van der Waals surface area (Å²) < 4.78 is 8.04. The molecule has 2 heterocycles. The second kappa shape index (κ2) is 7.74. The Hall–Kier alpha value is -2.75. The van der Waals surface area contributed by atoms with Crippen molar-refractivity contribution in [1.82, 2.24) is 9.55 Å². The number of anilines is 1. The highest BCUT2D eigenvalue weighted by molar-refractivity contribution is 6.35. The van der Waals surface area contributed by atoms with Gasteiger partial charge in [0, 0.05) is 11.6 Å². The minimum atomic E-state index is -0.528. The van der Waals surface area contributed by atoms with E-state index in [1.807, 2.05) is 18.5 Å². The van der Waals surface area contributed by atoms with Crippen LogP contribution in [0.25, 0.3) is 11.0 Å². The fraction of sp³-hybridized carbons (Fsp3) is 0.348. The number of carbonyl (C=O) groups is 1. The molecule has 1 spiro atoms. The molecule has 5 rings (SSSR count). The van der Waals surface area contributed by atoms with Gasteiger partial charge in [-0.1, -0.05) is 23.2 Å². The zero-order chi connectivity index (χ0) is 21.6.